The highest BCUT2D eigenvalue weighted by molar-refractivity contribution is 7.89. The van der Waals surface area contributed by atoms with E-state index in [-0.39, 0.29) is 29.5 Å². The third-order valence-corrected chi connectivity index (χ3v) is 6.06. The number of carbonyl (C=O) groups is 1. The second-order valence-corrected chi connectivity index (χ2v) is 8.71. The molecule has 0 aliphatic rings. The molecule has 0 saturated carbocycles. The first kappa shape index (κ1) is 23.2. The number of rotatable bonds is 10. The molecule has 4 rings (SSSR count). The number of sulfonamides is 1. The van der Waals surface area contributed by atoms with Gasteiger partial charge in [-0.1, -0.05) is 17.3 Å². The molecule has 0 bridgehead atoms. The van der Waals surface area contributed by atoms with Gasteiger partial charge in [0.15, 0.2) is 6.61 Å². The maximum Gasteiger partial charge on any atom is 0.338 e. The van der Waals surface area contributed by atoms with E-state index in [2.05, 4.69) is 14.9 Å². The van der Waals surface area contributed by atoms with Crippen LogP contribution in [0.1, 0.15) is 28.9 Å². The van der Waals surface area contributed by atoms with Crippen molar-refractivity contribution < 1.29 is 31.6 Å². The number of furan rings is 1. The third-order valence-electron chi connectivity index (χ3n) is 4.64. The Kier molecular flexibility index (Phi) is 7.04. The Labute approximate surface area is 195 Å². The zero-order valence-electron chi connectivity index (χ0n) is 18.1. The van der Waals surface area contributed by atoms with Crippen LogP contribution in [0, 0.1) is 0 Å². The minimum Gasteiger partial charge on any atom is -0.493 e. The number of aromatic nitrogens is 2. The number of hydrogen-bond donors (Lipinski definition) is 1. The van der Waals surface area contributed by atoms with Gasteiger partial charge in [-0.2, -0.15) is 4.98 Å². The van der Waals surface area contributed by atoms with E-state index in [1.54, 1.807) is 24.3 Å². The van der Waals surface area contributed by atoms with Crippen LogP contribution in [0.5, 0.6) is 5.75 Å². The van der Waals surface area contributed by atoms with Crippen molar-refractivity contribution in [2.45, 2.75) is 25.0 Å². The summed E-state index contributed by atoms with van der Waals surface area (Å²) in [6.45, 7) is 2.13. The van der Waals surface area contributed by atoms with Gasteiger partial charge in [-0.25, -0.2) is 17.9 Å². The molecule has 176 valence electrons. The molecule has 0 amide bonds. The average molecular weight is 484 g/mol. The van der Waals surface area contributed by atoms with E-state index < -0.39 is 16.0 Å². The zero-order chi connectivity index (χ0) is 24.0. The highest BCUT2D eigenvalue weighted by atomic mass is 32.2. The van der Waals surface area contributed by atoms with E-state index in [1.165, 1.54) is 30.5 Å². The van der Waals surface area contributed by atoms with Gasteiger partial charge >= 0.3 is 5.97 Å². The van der Waals surface area contributed by atoms with Gasteiger partial charge in [0.1, 0.15) is 11.5 Å². The van der Waals surface area contributed by atoms with Crippen molar-refractivity contribution in [1.82, 2.24) is 14.9 Å². The van der Waals surface area contributed by atoms with Gasteiger partial charge in [0.05, 0.1) is 35.4 Å². The van der Waals surface area contributed by atoms with Crippen LogP contribution in [-0.2, 0) is 27.9 Å². The van der Waals surface area contributed by atoms with Crippen molar-refractivity contribution in [3.05, 3.63) is 84.1 Å². The summed E-state index contributed by atoms with van der Waals surface area (Å²) in [5.74, 6) is 0.849. The lowest BCUT2D eigenvalue weighted by atomic mass is 10.2. The highest BCUT2D eigenvalue weighted by Gasteiger charge is 2.18. The molecule has 0 fully saturated rings. The molecule has 1 N–H and O–H groups in total. The molecule has 0 aliphatic heterocycles. The first-order valence-electron chi connectivity index (χ1n) is 10.3. The number of ether oxygens (including phenoxy) is 2. The van der Waals surface area contributed by atoms with Crippen LogP contribution in [0.3, 0.4) is 0 Å². The van der Waals surface area contributed by atoms with E-state index in [0.29, 0.717) is 29.5 Å². The van der Waals surface area contributed by atoms with Crippen molar-refractivity contribution in [2.75, 3.05) is 6.61 Å². The number of nitrogens with one attached hydrogen (secondary N) is 1. The Hall–Kier alpha value is -3.96. The molecule has 0 saturated heterocycles. The first-order valence-corrected chi connectivity index (χ1v) is 11.8. The Bertz CT molecular complexity index is 1350. The maximum atomic E-state index is 12.4. The summed E-state index contributed by atoms with van der Waals surface area (Å²) in [5, 5.41) is 3.92. The number of nitrogens with zero attached hydrogens (tertiary/aromatic N) is 2. The number of para-hydroxylation sites is 1. The molecule has 2 heterocycles. The molecule has 0 unspecified atom stereocenters. The second-order valence-electron chi connectivity index (χ2n) is 6.95. The summed E-state index contributed by atoms with van der Waals surface area (Å²) in [4.78, 5) is 16.6. The summed E-state index contributed by atoms with van der Waals surface area (Å²) in [6, 6.07) is 15.9. The quantitative estimate of drug-likeness (QED) is 0.336. The Morgan fingerprint density at radius 3 is 2.59 bits per heavy atom. The van der Waals surface area contributed by atoms with Gasteiger partial charge in [-0.05, 0) is 55.5 Å². The van der Waals surface area contributed by atoms with Gasteiger partial charge in [0, 0.05) is 0 Å². The minimum absolute atomic E-state index is 0.00473. The molecule has 2 aromatic carbocycles. The van der Waals surface area contributed by atoms with Crippen LogP contribution in [-0.4, -0.2) is 31.1 Å². The molecule has 10 nitrogen and oxygen atoms in total. The lowest BCUT2D eigenvalue weighted by molar-refractivity contribution is 0.0429. The van der Waals surface area contributed by atoms with Crippen LogP contribution in [0.2, 0.25) is 0 Å². The van der Waals surface area contributed by atoms with Gasteiger partial charge in [-0.3, -0.25) is 0 Å². The number of benzene rings is 2. The smallest absolute Gasteiger partial charge is 0.338 e. The van der Waals surface area contributed by atoms with Crippen LogP contribution in [0.25, 0.3) is 11.4 Å². The van der Waals surface area contributed by atoms with Gasteiger partial charge in [0.2, 0.25) is 15.8 Å². The molecule has 34 heavy (non-hydrogen) atoms. The maximum absolute atomic E-state index is 12.4. The second kappa shape index (κ2) is 10.3. The molecular formula is C23H21N3O7S. The monoisotopic (exact) mass is 483 g/mol. The topological polar surface area (TPSA) is 134 Å². The molecule has 4 aromatic rings. The molecule has 0 atom stereocenters. The van der Waals surface area contributed by atoms with Crippen LogP contribution < -0.4 is 9.46 Å². The SMILES string of the molecule is CCOc1ccccc1-c1noc(COC(=O)c2ccc(S(=O)(=O)NCc3ccco3)cc2)n1. The fourth-order valence-corrected chi connectivity index (χ4v) is 3.99. The molecule has 0 aliphatic carbocycles. The minimum atomic E-state index is -3.77. The predicted molar refractivity (Wildman–Crippen MR) is 119 cm³/mol. The van der Waals surface area contributed by atoms with Crippen molar-refractivity contribution in [3.8, 4) is 17.1 Å². The van der Waals surface area contributed by atoms with Crippen LogP contribution >= 0.6 is 0 Å². The summed E-state index contributed by atoms with van der Waals surface area (Å²) in [7, 11) is -3.77. The Morgan fingerprint density at radius 2 is 1.85 bits per heavy atom. The summed E-state index contributed by atoms with van der Waals surface area (Å²) < 4.78 is 48.3. The summed E-state index contributed by atoms with van der Waals surface area (Å²) in [5.41, 5.74) is 0.828. The normalized spacial score (nSPS) is 11.3. The first-order chi connectivity index (χ1) is 16.5. The molecular weight excluding hydrogens is 462 g/mol. The lowest BCUT2D eigenvalue weighted by Crippen LogP contribution is -2.23. The fraction of sp³-hybridized carbons (Fsp3) is 0.174. The lowest BCUT2D eigenvalue weighted by Gasteiger charge is -2.07. The van der Waals surface area contributed by atoms with Gasteiger partial charge in [-0.15, -0.1) is 0 Å². The Balaban J connectivity index is 1.36. The predicted octanol–water partition coefficient (Wildman–Crippen LogP) is 3.56. The third kappa shape index (κ3) is 5.50. The van der Waals surface area contributed by atoms with Crippen molar-refractivity contribution in [2.24, 2.45) is 0 Å². The van der Waals surface area contributed by atoms with Gasteiger partial charge < -0.3 is 18.4 Å². The summed E-state index contributed by atoms with van der Waals surface area (Å²) in [6.07, 6.45) is 1.46. The van der Waals surface area contributed by atoms with E-state index in [0.717, 1.165) is 0 Å². The van der Waals surface area contributed by atoms with Crippen LogP contribution in [0.4, 0.5) is 0 Å². The zero-order valence-corrected chi connectivity index (χ0v) is 18.9. The van der Waals surface area contributed by atoms with Crippen molar-refractivity contribution in [1.29, 1.82) is 0 Å². The standard InChI is InChI=1S/C23H21N3O7S/c1-2-30-20-8-4-3-7-19(20)22-25-21(33-26-22)15-32-23(27)16-9-11-18(12-10-16)34(28,29)24-14-17-6-5-13-31-17/h3-13,24H,2,14-15H2,1H3. The van der Waals surface area contributed by atoms with E-state index >= 15 is 0 Å². The summed E-state index contributed by atoms with van der Waals surface area (Å²) >= 11 is 0. The van der Waals surface area contributed by atoms with E-state index in [9.17, 15) is 13.2 Å². The fourth-order valence-electron chi connectivity index (χ4n) is 3.00. The number of carbonyl (C=O) groups excluding carboxylic acids is 1. The Morgan fingerprint density at radius 1 is 1.06 bits per heavy atom. The number of esters is 1. The molecule has 11 heteroatoms. The average Bonchev–Trinajstić information content (AvgIpc) is 3.54. The van der Waals surface area contributed by atoms with Crippen LogP contribution in [0.15, 0.2) is 80.8 Å². The van der Waals surface area contributed by atoms with E-state index in [4.69, 9.17) is 18.4 Å². The highest BCUT2D eigenvalue weighted by Crippen LogP contribution is 2.27. The molecule has 0 radical (unpaired) electrons. The van der Waals surface area contributed by atoms with Crippen molar-refractivity contribution >= 4 is 16.0 Å². The van der Waals surface area contributed by atoms with E-state index in [1.807, 2.05) is 19.1 Å². The molecule has 0 spiro atoms. The van der Waals surface area contributed by atoms with Crippen molar-refractivity contribution in [3.63, 3.8) is 0 Å². The van der Waals surface area contributed by atoms with Gasteiger partial charge in [0.25, 0.3) is 5.89 Å². The largest absolute Gasteiger partial charge is 0.493 e. The number of hydrogen-bond acceptors (Lipinski definition) is 9. The molecule has 2 aromatic heterocycles.